The number of benzene rings is 1. The third-order valence-electron chi connectivity index (χ3n) is 1.85. The van der Waals surface area contributed by atoms with Gasteiger partial charge in [0.05, 0.1) is 10.7 Å². The second-order valence-corrected chi connectivity index (χ2v) is 3.81. The van der Waals surface area contributed by atoms with Gasteiger partial charge in [-0.25, -0.2) is 0 Å². The summed E-state index contributed by atoms with van der Waals surface area (Å²) >= 11 is 11.6. The van der Waals surface area contributed by atoms with Gasteiger partial charge in [-0.05, 0) is 18.2 Å². The zero-order chi connectivity index (χ0) is 11.5. The van der Waals surface area contributed by atoms with Crippen LogP contribution in [0.1, 0.15) is 10.5 Å². The molecule has 0 aliphatic heterocycles. The standard InChI is InChI=1S/C10H6Cl2N2O2/c11-6-1-2-8(7(12)5-6)13-10(15)9-3-4-16-14-9/h1-5H,(H,13,15). The highest BCUT2D eigenvalue weighted by molar-refractivity contribution is 6.36. The van der Waals surface area contributed by atoms with Crippen molar-refractivity contribution in [2.24, 2.45) is 0 Å². The lowest BCUT2D eigenvalue weighted by Crippen LogP contribution is -2.12. The molecule has 1 aromatic heterocycles. The Morgan fingerprint density at radius 2 is 2.12 bits per heavy atom. The maximum Gasteiger partial charge on any atom is 0.277 e. The van der Waals surface area contributed by atoms with Gasteiger partial charge in [-0.15, -0.1) is 0 Å². The summed E-state index contributed by atoms with van der Waals surface area (Å²) in [6, 6.07) is 6.25. The minimum atomic E-state index is -0.391. The first-order valence-corrected chi connectivity index (χ1v) is 5.09. The largest absolute Gasteiger partial charge is 0.364 e. The van der Waals surface area contributed by atoms with Gasteiger partial charge in [0.15, 0.2) is 5.69 Å². The number of carbonyl (C=O) groups is 1. The van der Waals surface area contributed by atoms with E-state index in [1.165, 1.54) is 12.3 Å². The maximum absolute atomic E-state index is 11.6. The van der Waals surface area contributed by atoms with E-state index >= 15 is 0 Å². The Kier molecular flexibility index (Phi) is 3.12. The van der Waals surface area contributed by atoms with Crippen LogP contribution in [0.15, 0.2) is 35.1 Å². The van der Waals surface area contributed by atoms with Gasteiger partial charge in [0.25, 0.3) is 5.91 Å². The second kappa shape index (κ2) is 4.55. The zero-order valence-corrected chi connectivity index (χ0v) is 9.42. The molecule has 16 heavy (non-hydrogen) atoms. The van der Waals surface area contributed by atoms with Crippen molar-refractivity contribution in [2.45, 2.75) is 0 Å². The van der Waals surface area contributed by atoms with Gasteiger partial charge in [-0.1, -0.05) is 28.4 Å². The van der Waals surface area contributed by atoms with E-state index in [1.807, 2.05) is 0 Å². The third-order valence-corrected chi connectivity index (χ3v) is 2.40. The first-order valence-electron chi connectivity index (χ1n) is 4.33. The minimum absolute atomic E-state index is 0.186. The topological polar surface area (TPSA) is 55.1 Å². The molecule has 0 atom stereocenters. The van der Waals surface area contributed by atoms with Crippen LogP contribution in [0.5, 0.6) is 0 Å². The molecule has 82 valence electrons. The predicted octanol–water partition coefficient (Wildman–Crippen LogP) is 3.23. The van der Waals surface area contributed by atoms with Crippen molar-refractivity contribution >= 4 is 34.8 Å². The zero-order valence-electron chi connectivity index (χ0n) is 7.91. The normalized spacial score (nSPS) is 10.1. The fourth-order valence-corrected chi connectivity index (χ4v) is 1.56. The Morgan fingerprint density at radius 1 is 1.31 bits per heavy atom. The van der Waals surface area contributed by atoms with Crippen LogP contribution in [0.2, 0.25) is 10.0 Å². The molecule has 4 nitrogen and oxygen atoms in total. The number of anilines is 1. The second-order valence-electron chi connectivity index (χ2n) is 2.96. The van der Waals surface area contributed by atoms with Crippen molar-refractivity contribution in [3.8, 4) is 0 Å². The summed E-state index contributed by atoms with van der Waals surface area (Å²) in [6.45, 7) is 0. The maximum atomic E-state index is 11.6. The van der Waals surface area contributed by atoms with Gasteiger partial charge in [0, 0.05) is 11.1 Å². The average Bonchev–Trinajstić information content (AvgIpc) is 2.75. The van der Waals surface area contributed by atoms with Gasteiger partial charge < -0.3 is 9.84 Å². The van der Waals surface area contributed by atoms with Gasteiger partial charge in [-0.3, -0.25) is 4.79 Å². The fraction of sp³-hybridized carbons (Fsp3) is 0. The molecule has 2 aromatic rings. The van der Waals surface area contributed by atoms with Crippen LogP contribution in [-0.2, 0) is 0 Å². The molecule has 0 aliphatic rings. The van der Waals surface area contributed by atoms with Gasteiger partial charge in [0.2, 0.25) is 0 Å². The number of aromatic nitrogens is 1. The predicted molar refractivity (Wildman–Crippen MR) is 60.9 cm³/mol. The van der Waals surface area contributed by atoms with Crippen molar-refractivity contribution in [1.82, 2.24) is 5.16 Å². The van der Waals surface area contributed by atoms with E-state index < -0.39 is 5.91 Å². The summed E-state index contributed by atoms with van der Waals surface area (Å²) in [5.74, 6) is -0.391. The minimum Gasteiger partial charge on any atom is -0.364 e. The molecule has 0 bridgehead atoms. The van der Waals surface area contributed by atoms with Crippen molar-refractivity contribution < 1.29 is 9.32 Å². The average molecular weight is 257 g/mol. The molecule has 0 saturated carbocycles. The van der Waals surface area contributed by atoms with Crippen molar-refractivity contribution in [3.63, 3.8) is 0 Å². The Balaban J connectivity index is 2.18. The SMILES string of the molecule is O=C(Nc1ccc(Cl)cc1Cl)c1ccon1. The van der Waals surface area contributed by atoms with E-state index in [0.717, 1.165) is 0 Å². The number of hydrogen-bond donors (Lipinski definition) is 1. The van der Waals surface area contributed by atoms with E-state index in [2.05, 4.69) is 15.0 Å². The lowest BCUT2D eigenvalue weighted by atomic mass is 10.3. The highest BCUT2D eigenvalue weighted by Gasteiger charge is 2.11. The molecular formula is C10H6Cl2N2O2. The Morgan fingerprint density at radius 3 is 2.75 bits per heavy atom. The third kappa shape index (κ3) is 2.35. The van der Waals surface area contributed by atoms with E-state index in [0.29, 0.717) is 15.7 Å². The number of halogens is 2. The van der Waals surface area contributed by atoms with Gasteiger partial charge in [-0.2, -0.15) is 0 Å². The Bertz CT molecular complexity index is 512. The molecule has 1 N–H and O–H groups in total. The summed E-state index contributed by atoms with van der Waals surface area (Å²) in [6.07, 6.45) is 1.32. The number of nitrogens with zero attached hydrogens (tertiary/aromatic N) is 1. The molecule has 1 heterocycles. The smallest absolute Gasteiger partial charge is 0.277 e. The Labute approximate surface area is 101 Å². The first-order chi connectivity index (χ1) is 7.66. The monoisotopic (exact) mass is 256 g/mol. The van der Waals surface area contributed by atoms with Gasteiger partial charge in [0.1, 0.15) is 6.26 Å². The number of rotatable bonds is 2. The molecule has 0 saturated heterocycles. The quantitative estimate of drug-likeness (QED) is 0.898. The molecule has 1 aromatic carbocycles. The lowest BCUT2D eigenvalue weighted by Gasteiger charge is -2.05. The summed E-state index contributed by atoms with van der Waals surface area (Å²) in [4.78, 5) is 11.6. The Hall–Kier alpha value is -1.52. The molecule has 1 amide bonds. The van der Waals surface area contributed by atoms with Crippen molar-refractivity contribution in [3.05, 3.63) is 46.3 Å². The molecule has 6 heteroatoms. The number of carbonyl (C=O) groups excluding carboxylic acids is 1. The number of hydrogen-bond acceptors (Lipinski definition) is 3. The first kappa shape index (κ1) is 11.0. The van der Waals surface area contributed by atoms with Crippen LogP contribution in [-0.4, -0.2) is 11.1 Å². The number of nitrogens with one attached hydrogen (secondary N) is 1. The molecule has 0 spiro atoms. The highest BCUT2D eigenvalue weighted by atomic mass is 35.5. The molecule has 2 rings (SSSR count). The molecule has 0 aliphatic carbocycles. The summed E-state index contributed by atoms with van der Waals surface area (Å²) in [5, 5.41) is 6.96. The van der Waals surface area contributed by atoms with Crippen molar-refractivity contribution in [2.75, 3.05) is 5.32 Å². The molecule has 0 radical (unpaired) electrons. The van der Waals surface area contributed by atoms with E-state index in [9.17, 15) is 4.79 Å². The van der Waals surface area contributed by atoms with E-state index in [4.69, 9.17) is 23.2 Å². The molecule has 0 fully saturated rings. The molecule has 0 unspecified atom stereocenters. The van der Waals surface area contributed by atoms with Crippen LogP contribution >= 0.6 is 23.2 Å². The molecular weight excluding hydrogens is 251 g/mol. The van der Waals surface area contributed by atoms with Gasteiger partial charge >= 0.3 is 0 Å². The summed E-state index contributed by atoms with van der Waals surface area (Å²) in [7, 11) is 0. The lowest BCUT2D eigenvalue weighted by molar-refractivity contribution is 0.101. The van der Waals surface area contributed by atoms with E-state index in [1.54, 1.807) is 18.2 Å². The van der Waals surface area contributed by atoms with Crippen LogP contribution < -0.4 is 5.32 Å². The van der Waals surface area contributed by atoms with Crippen LogP contribution in [0.3, 0.4) is 0 Å². The summed E-state index contributed by atoms with van der Waals surface area (Å²) < 4.78 is 4.56. The van der Waals surface area contributed by atoms with Crippen LogP contribution in [0.25, 0.3) is 0 Å². The van der Waals surface area contributed by atoms with Crippen molar-refractivity contribution in [1.29, 1.82) is 0 Å². The summed E-state index contributed by atoms with van der Waals surface area (Å²) in [5.41, 5.74) is 0.657. The van der Waals surface area contributed by atoms with Crippen LogP contribution in [0.4, 0.5) is 5.69 Å². The van der Waals surface area contributed by atoms with E-state index in [-0.39, 0.29) is 5.69 Å². The fourth-order valence-electron chi connectivity index (χ4n) is 1.11. The highest BCUT2D eigenvalue weighted by Crippen LogP contribution is 2.25. The van der Waals surface area contributed by atoms with Crippen LogP contribution in [0, 0.1) is 0 Å². The number of amides is 1.